The fraction of sp³-hybridized carbons (Fsp3) is 0.292. The van der Waals surface area contributed by atoms with Crippen molar-refractivity contribution < 1.29 is 67.7 Å². The van der Waals surface area contributed by atoms with Gasteiger partial charge in [0.15, 0.2) is 12.1 Å². The number of nitrogens with one attached hydrogen (secondary N) is 1. The number of halogens is 4. The van der Waals surface area contributed by atoms with Crippen LogP contribution in [0.1, 0.15) is 92.5 Å². The summed E-state index contributed by atoms with van der Waals surface area (Å²) in [7, 11) is -3.51. The Kier molecular flexibility index (Phi) is 14.4. The highest BCUT2D eigenvalue weighted by molar-refractivity contribution is 9.13. The van der Waals surface area contributed by atoms with Gasteiger partial charge in [-0.05, 0) is 137 Å². The van der Waals surface area contributed by atoms with E-state index in [2.05, 4.69) is 73.7 Å². The number of phenols is 3. The lowest BCUT2D eigenvalue weighted by Crippen LogP contribution is -2.53. The third-order valence-corrected chi connectivity index (χ3v) is 17.4. The highest BCUT2D eigenvalue weighted by Gasteiger charge is 2.50. The number of hydrogen-bond acceptors (Lipinski definition) is 16. The molecule has 3 aliphatic carbocycles. The van der Waals surface area contributed by atoms with Crippen molar-refractivity contribution in [1.82, 2.24) is 4.83 Å². The van der Waals surface area contributed by atoms with Gasteiger partial charge in [0.05, 0.1) is 77.2 Å². The maximum absolute atomic E-state index is 14.7. The number of allylic oxidation sites excluding steroid dienone is 5. The van der Waals surface area contributed by atoms with Gasteiger partial charge in [-0.2, -0.15) is 18.4 Å². The number of methoxy groups -OCH3 is 1. The highest BCUT2D eigenvalue weighted by atomic mass is 79.9. The lowest BCUT2D eigenvalue weighted by Gasteiger charge is -2.43. The lowest BCUT2D eigenvalue weighted by atomic mass is 9.71. The Labute approximate surface area is 434 Å². The van der Waals surface area contributed by atoms with Crippen LogP contribution in [0.15, 0.2) is 93.7 Å². The minimum absolute atomic E-state index is 0.0335. The van der Waals surface area contributed by atoms with Crippen molar-refractivity contribution in [2.24, 2.45) is 10.8 Å². The summed E-state index contributed by atoms with van der Waals surface area (Å²) in [6.45, 7) is 3.84. The fourth-order valence-corrected chi connectivity index (χ4v) is 12.6. The van der Waals surface area contributed by atoms with Crippen molar-refractivity contribution in [3.63, 3.8) is 0 Å². The number of hydrazone groups is 1. The minimum Gasteiger partial charge on any atom is -0.507 e. The van der Waals surface area contributed by atoms with Gasteiger partial charge >= 0.3 is 0 Å². The summed E-state index contributed by atoms with van der Waals surface area (Å²) in [5.41, 5.74) is 3.53. The van der Waals surface area contributed by atoms with Crippen LogP contribution in [0.3, 0.4) is 0 Å². The molecule has 0 bridgehead atoms. The Morgan fingerprint density at radius 2 is 1.63 bits per heavy atom. The number of hydrogen-bond donors (Lipinski definition) is 8. The van der Waals surface area contributed by atoms with Gasteiger partial charge < -0.3 is 50.6 Å². The van der Waals surface area contributed by atoms with Crippen molar-refractivity contribution >= 4 is 102 Å². The van der Waals surface area contributed by atoms with Crippen molar-refractivity contribution in [2.45, 2.75) is 81.2 Å². The maximum atomic E-state index is 14.7. The summed E-state index contributed by atoms with van der Waals surface area (Å²) in [5, 5.41) is 73.2. The quantitative estimate of drug-likeness (QED) is 0.0413. The second-order valence-electron chi connectivity index (χ2n) is 17.1. The second kappa shape index (κ2) is 19.4. The summed E-state index contributed by atoms with van der Waals surface area (Å²) < 4.78 is 48.0. The first-order chi connectivity index (χ1) is 33.0. The van der Waals surface area contributed by atoms with Crippen LogP contribution in [0.2, 0.25) is 0 Å². The summed E-state index contributed by atoms with van der Waals surface area (Å²) in [6, 6.07) is 10.9. The number of aliphatic hydroxyl groups excluding tert-OH is 2. The molecule has 4 aromatic carbocycles. The number of carbonyl (C=O) groups excluding carboxylic acids is 3. The monoisotopic (exact) mass is 1230 g/mol. The lowest BCUT2D eigenvalue weighted by molar-refractivity contribution is -0.245. The Bertz CT molecular complexity index is 3200. The van der Waals surface area contributed by atoms with Crippen molar-refractivity contribution in [2.75, 3.05) is 13.7 Å². The predicted molar refractivity (Wildman–Crippen MR) is 269 cm³/mol. The van der Waals surface area contributed by atoms with E-state index >= 15 is 0 Å². The molecule has 22 heteroatoms. The second-order valence-corrected chi connectivity index (χ2v) is 22.1. The van der Waals surface area contributed by atoms with Gasteiger partial charge in [-0.15, -0.1) is 0 Å². The average molecular weight is 1240 g/mol. The number of aromatic hydroxyl groups is 3. The largest absolute Gasteiger partial charge is 0.507 e. The molecule has 0 saturated carbocycles. The van der Waals surface area contributed by atoms with Gasteiger partial charge in [0.1, 0.15) is 28.6 Å². The molecule has 4 aromatic rings. The van der Waals surface area contributed by atoms with E-state index in [-0.39, 0.29) is 69.9 Å². The number of Topliss-reactive ketones (excluding diaryl/α,β-unsaturated/α-hetero) is 1. The molecule has 1 heterocycles. The molecule has 1 unspecified atom stereocenters. The Morgan fingerprint density at radius 1 is 0.943 bits per heavy atom. The number of nitrogens with two attached hydrogens (primary N) is 1. The Morgan fingerprint density at radius 3 is 2.30 bits per heavy atom. The Balaban J connectivity index is 1.26. The molecule has 1 saturated heterocycles. The van der Waals surface area contributed by atoms with E-state index in [1.807, 2.05) is 0 Å². The third kappa shape index (κ3) is 8.71. The number of ether oxygens (including phenoxy) is 3. The van der Waals surface area contributed by atoms with Crippen LogP contribution in [0.25, 0.3) is 5.57 Å². The van der Waals surface area contributed by atoms with E-state index in [4.69, 9.17) is 19.9 Å². The molecule has 6 atom stereocenters. The van der Waals surface area contributed by atoms with Crippen LogP contribution in [0.5, 0.6) is 23.0 Å². The van der Waals surface area contributed by atoms with Crippen LogP contribution in [0, 0.1) is 6.92 Å². The molecule has 4 aliphatic rings. The van der Waals surface area contributed by atoms with E-state index < -0.39 is 106 Å². The molecular weight excluding hydrogens is 1190 g/mol. The number of sulfonamides is 1. The van der Waals surface area contributed by atoms with E-state index in [0.29, 0.717) is 32.3 Å². The predicted octanol–water partition coefficient (Wildman–Crippen LogP) is 6.64. The summed E-state index contributed by atoms with van der Waals surface area (Å²) >= 11 is 13.6. The molecule has 8 rings (SSSR count). The maximum Gasteiger partial charge on any atom is 0.277 e. The van der Waals surface area contributed by atoms with Crippen LogP contribution >= 0.6 is 63.7 Å². The van der Waals surface area contributed by atoms with Crippen molar-refractivity contribution in [3.8, 4) is 23.0 Å². The first kappa shape index (κ1) is 51.8. The summed E-state index contributed by atoms with van der Waals surface area (Å²) in [5.74, 6) is -3.70. The number of ketones is 3. The number of rotatable bonds is 10. The van der Waals surface area contributed by atoms with Crippen LogP contribution < -0.4 is 15.3 Å². The topological polar surface area (TPSA) is 285 Å². The third-order valence-electron chi connectivity index (χ3n) is 13.0. The molecule has 17 nitrogen and oxygen atoms in total. The number of carbonyl (C=O) groups is 3. The first-order valence-corrected chi connectivity index (χ1v) is 26.0. The number of benzene rings is 4. The minimum atomic E-state index is -4.80. The van der Waals surface area contributed by atoms with E-state index in [0.717, 1.165) is 0 Å². The molecule has 1 aliphatic heterocycles. The average Bonchev–Trinajstić information content (AvgIpc) is 3.32. The molecule has 70 heavy (non-hydrogen) atoms. The molecule has 0 aromatic heterocycles. The molecule has 0 amide bonds. The molecule has 0 spiro atoms. The summed E-state index contributed by atoms with van der Waals surface area (Å²) in [6.07, 6.45) is -4.55. The molecule has 1 fully saturated rings. The number of nitrogens with zero attached hydrogens (tertiary/aromatic N) is 1. The van der Waals surface area contributed by atoms with Gasteiger partial charge in [-0.25, -0.2) is 0 Å². The highest BCUT2D eigenvalue weighted by Crippen LogP contribution is 2.53. The molecule has 368 valence electrons. The van der Waals surface area contributed by atoms with Crippen LogP contribution in [0.4, 0.5) is 0 Å². The standard InChI is InChI=1S/C48H43Br4N3O14S/c1-18-23(12-26(49)44(60)39(18)51)34(24-13-27(50)45(61)40(52)19(24)2)21-8-5-6-11-31(21)70(65,66)55-54-32(17-56)48(64)15-25-36(30(16-48)69-33-14-28(53)41(57)20(3)68-33)47(63)38-37(43(25)59)42(58)22-9-7-10-29(67-4)35(22)46(38)62/h5-13,20,28,30,33,41,55-57,59-60,63-64H,14-17,53H2,1-4H3/b34-24?,54-32+/t20?,28-,30+,33+,41-,48+/m1/s1. The normalized spacial score (nSPS) is 24.5. The van der Waals surface area contributed by atoms with Gasteiger partial charge in [0, 0.05) is 47.6 Å². The zero-order valence-corrected chi connectivity index (χ0v) is 44.5. The zero-order chi connectivity index (χ0) is 51.0. The molecule has 0 radical (unpaired) electrons. The zero-order valence-electron chi connectivity index (χ0n) is 37.3. The van der Waals surface area contributed by atoms with Gasteiger partial charge in [-0.3, -0.25) is 14.4 Å². The van der Waals surface area contributed by atoms with Crippen molar-refractivity contribution in [1.29, 1.82) is 0 Å². The fourth-order valence-electron chi connectivity index (χ4n) is 9.32. The van der Waals surface area contributed by atoms with Gasteiger partial charge in [0.25, 0.3) is 10.0 Å². The van der Waals surface area contributed by atoms with E-state index in [1.165, 1.54) is 43.5 Å². The van der Waals surface area contributed by atoms with E-state index in [1.54, 1.807) is 39.0 Å². The molecule has 9 N–H and O–H groups in total. The van der Waals surface area contributed by atoms with Crippen LogP contribution in [-0.4, -0.2) is 106 Å². The first-order valence-electron chi connectivity index (χ1n) is 21.3. The van der Waals surface area contributed by atoms with Gasteiger partial charge in [-0.1, -0.05) is 30.3 Å². The van der Waals surface area contributed by atoms with Crippen LogP contribution in [-0.2, 0) is 30.7 Å². The smallest absolute Gasteiger partial charge is 0.277 e. The number of aliphatic hydroxyl groups is 3. The number of phenolic OH excluding ortho intramolecular Hbond substituents is 3. The summed E-state index contributed by atoms with van der Waals surface area (Å²) in [4.78, 5) is 43.2. The SMILES string of the molecule is COc1cccc2c1C(=O)c1c(O)c3c(c(O)c1C2=O)C[C@@](O)(/C(CO)=N/NS(=O)(=O)c1ccccc1C(=C1C=C(Br)C(=O)C(Br)=C1C)c1cc(Br)c(O)c(Br)c1C)C[C@@H]3O[C@H]1C[C@@H](N)[C@H](O)C(C)O1. The van der Waals surface area contributed by atoms with Crippen molar-refractivity contribution in [3.05, 3.63) is 134 Å². The van der Waals surface area contributed by atoms with E-state index in [9.17, 15) is 53.4 Å². The number of fused-ring (bicyclic) bond motifs is 3. The Hall–Kier alpha value is -4.59. The van der Waals surface area contributed by atoms with Gasteiger partial charge in [0.2, 0.25) is 11.6 Å². The molecular formula is C48H43Br4N3O14S.